The molecule has 2 unspecified atom stereocenters. The van der Waals surface area contributed by atoms with Gasteiger partial charge in [-0.25, -0.2) is 0 Å². The maximum Gasteiger partial charge on any atom is 0.220 e. The van der Waals surface area contributed by atoms with E-state index in [9.17, 15) is 4.79 Å². The normalized spacial score (nSPS) is 21.5. The molecule has 0 bridgehead atoms. The van der Waals surface area contributed by atoms with Gasteiger partial charge in [-0.05, 0) is 47.1 Å². The molecular formula is C12H17BrN2OS. The molecule has 2 rings (SSSR count). The molecule has 0 radical (unpaired) electrons. The molecule has 1 aromatic heterocycles. The first-order valence-corrected chi connectivity index (χ1v) is 7.57. The van der Waals surface area contributed by atoms with E-state index >= 15 is 0 Å². The predicted octanol–water partition coefficient (Wildman–Crippen LogP) is 2.66. The largest absolute Gasteiger partial charge is 0.353 e. The van der Waals surface area contributed by atoms with E-state index in [1.807, 2.05) is 0 Å². The van der Waals surface area contributed by atoms with Gasteiger partial charge in [-0.3, -0.25) is 4.79 Å². The summed E-state index contributed by atoms with van der Waals surface area (Å²) in [5.41, 5.74) is 0. The number of thiophene rings is 1. The van der Waals surface area contributed by atoms with Crippen LogP contribution in [0, 0.1) is 0 Å². The van der Waals surface area contributed by atoms with Crippen molar-refractivity contribution in [3.05, 3.63) is 20.8 Å². The highest BCUT2D eigenvalue weighted by Gasteiger charge is 2.22. The third-order valence-electron chi connectivity index (χ3n) is 3.03. The van der Waals surface area contributed by atoms with Gasteiger partial charge in [0, 0.05) is 34.4 Å². The van der Waals surface area contributed by atoms with Crippen LogP contribution in [-0.2, 0) is 11.3 Å². The molecule has 0 saturated carbocycles. The fraction of sp³-hybridized carbons (Fsp3) is 0.583. The summed E-state index contributed by atoms with van der Waals surface area (Å²) in [5.74, 6) is 0.197. The molecule has 1 aromatic rings. The Morgan fingerprint density at radius 3 is 3.12 bits per heavy atom. The Balaban J connectivity index is 1.72. The van der Waals surface area contributed by atoms with Gasteiger partial charge in [-0.1, -0.05) is 0 Å². The smallest absolute Gasteiger partial charge is 0.220 e. The van der Waals surface area contributed by atoms with Gasteiger partial charge >= 0.3 is 0 Å². The van der Waals surface area contributed by atoms with E-state index in [4.69, 9.17) is 0 Å². The van der Waals surface area contributed by atoms with E-state index in [1.54, 1.807) is 11.3 Å². The summed E-state index contributed by atoms with van der Waals surface area (Å²) >= 11 is 5.28. The van der Waals surface area contributed by atoms with Crippen molar-refractivity contribution < 1.29 is 4.79 Å². The number of nitrogens with one attached hydrogen (secondary N) is 2. The maximum atomic E-state index is 11.1. The molecular weight excluding hydrogens is 300 g/mol. The monoisotopic (exact) mass is 316 g/mol. The van der Waals surface area contributed by atoms with Crippen LogP contribution in [0.5, 0.6) is 0 Å². The SMILES string of the molecule is CC(CC1CCC(=O)N1)NCc1sccc1Br. The number of amides is 1. The molecule has 2 atom stereocenters. The molecule has 1 aliphatic rings. The fourth-order valence-electron chi connectivity index (χ4n) is 2.08. The molecule has 1 fully saturated rings. The predicted molar refractivity (Wildman–Crippen MR) is 74.1 cm³/mol. The van der Waals surface area contributed by atoms with E-state index < -0.39 is 0 Å². The molecule has 0 aromatic carbocycles. The number of rotatable bonds is 5. The summed E-state index contributed by atoms with van der Waals surface area (Å²) in [5, 5.41) is 8.59. The van der Waals surface area contributed by atoms with E-state index in [0.717, 1.165) is 19.4 Å². The molecule has 1 aliphatic heterocycles. The van der Waals surface area contributed by atoms with Crippen LogP contribution in [-0.4, -0.2) is 18.0 Å². The Labute approximate surface area is 114 Å². The lowest BCUT2D eigenvalue weighted by Gasteiger charge is -2.17. The van der Waals surface area contributed by atoms with Crippen LogP contribution in [0.4, 0.5) is 0 Å². The zero-order chi connectivity index (χ0) is 12.3. The Morgan fingerprint density at radius 2 is 2.53 bits per heavy atom. The zero-order valence-electron chi connectivity index (χ0n) is 9.83. The van der Waals surface area contributed by atoms with Gasteiger partial charge in [0.05, 0.1) is 0 Å². The third-order valence-corrected chi connectivity index (χ3v) is 4.95. The highest BCUT2D eigenvalue weighted by atomic mass is 79.9. The molecule has 1 saturated heterocycles. The first-order chi connectivity index (χ1) is 8.15. The lowest BCUT2D eigenvalue weighted by Crippen LogP contribution is -2.34. The van der Waals surface area contributed by atoms with Crippen molar-refractivity contribution in [1.29, 1.82) is 0 Å². The Kier molecular flexibility index (Phi) is 4.59. The molecule has 17 heavy (non-hydrogen) atoms. The molecule has 2 heterocycles. The van der Waals surface area contributed by atoms with Gasteiger partial charge in [0.1, 0.15) is 0 Å². The fourth-order valence-corrected chi connectivity index (χ4v) is 3.53. The second-order valence-corrected chi connectivity index (χ2v) is 6.37. The lowest BCUT2D eigenvalue weighted by atomic mass is 10.1. The maximum absolute atomic E-state index is 11.1. The van der Waals surface area contributed by atoms with Crippen molar-refractivity contribution in [3.63, 3.8) is 0 Å². The summed E-state index contributed by atoms with van der Waals surface area (Å²) in [4.78, 5) is 12.4. The van der Waals surface area contributed by atoms with Gasteiger partial charge in [0.25, 0.3) is 0 Å². The summed E-state index contributed by atoms with van der Waals surface area (Å²) < 4.78 is 1.18. The van der Waals surface area contributed by atoms with E-state index in [2.05, 4.69) is 44.9 Å². The summed E-state index contributed by atoms with van der Waals surface area (Å²) in [6.07, 6.45) is 2.68. The van der Waals surface area contributed by atoms with Crippen LogP contribution in [0.3, 0.4) is 0 Å². The molecule has 0 aliphatic carbocycles. The van der Waals surface area contributed by atoms with Crippen LogP contribution in [0.1, 0.15) is 31.1 Å². The number of carbonyl (C=O) groups excluding carboxylic acids is 1. The summed E-state index contributed by atoms with van der Waals surface area (Å²) in [6, 6.07) is 2.85. The van der Waals surface area contributed by atoms with Crippen molar-refractivity contribution in [3.8, 4) is 0 Å². The lowest BCUT2D eigenvalue weighted by molar-refractivity contribution is -0.119. The average Bonchev–Trinajstić information content (AvgIpc) is 2.85. The minimum absolute atomic E-state index is 0.197. The molecule has 5 heteroatoms. The van der Waals surface area contributed by atoms with Crippen LogP contribution in [0.25, 0.3) is 0 Å². The average molecular weight is 317 g/mol. The van der Waals surface area contributed by atoms with Crippen LogP contribution in [0.2, 0.25) is 0 Å². The molecule has 3 nitrogen and oxygen atoms in total. The molecule has 94 valence electrons. The highest BCUT2D eigenvalue weighted by molar-refractivity contribution is 9.10. The third kappa shape index (κ3) is 3.79. The van der Waals surface area contributed by atoms with Gasteiger partial charge in [-0.15, -0.1) is 11.3 Å². The first-order valence-electron chi connectivity index (χ1n) is 5.90. The van der Waals surface area contributed by atoms with Crippen molar-refractivity contribution in [2.24, 2.45) is 0 Å². The molecule has 2 N–H and O–H groups in total. The van der Waals surface area contributed by atoms with Gasteiger partial charge in [0.15, 0.2) is 0 Å². The number of halogens is 1. The summed E-state index contributed by atoms with van der Waals surface area (Å²) in [7, 11) is 0. The second kappa shape index (κ2) is 5.98. The Morgan fingerprint density at radius 1 is 1.71 bits per heavy atom. The van der Waals surface area contributed by atoms with Gasteiger partial charge in [-0.2, -0.15) is 0 Å². The van der Waals surface area contributed by atoms with E-state index in [0.29, 0.717) is 18.5 Å². The van der Waals surface area contributed by atoms with Gasteiger partial charge < -0.3 is 10.6 Å². The quantitative estimate of drug-likeness (QED) is 0.877. The second-order valence-electron chi connectivity index (χ2n) is 4.51. The summed E-state index contributed by atoms with van der Waals surface area (Å²) in [6.45, 7) is 3.06. The Bertz CT molecular complexity index is 394. The standard InChI is InChI=1S/C12H17BrN2OS/c1-8(6-9-2-3-12(16)15-9)14-7-11-10(13)4-5-17-11/h4-5,8-9,14H,2-3,6-7H2,1H3,(H,15,16). The van der Waals surface area contributed by atoms with E-state index in [-0.39, 0.29) is 5.91 Å². The van der Waals surface area contributed by atoms with Crippen LogP contribution in [0.15, 0.2) is 15.9 Å². The van der Waals surface area contributed by atoms with E-state index in [1.165, 1.54) is 9.35 Å². The molecule has 0 spiro atoms. The van der Waals surface area contributed by atoms with Gasteiger partial charge in [0.2, 0.25) is 5.91 Å². The first kappa shape index (κ1) is 13.1. The molecule has 1 amide bonds. The number of hydrogen-bond donors (Lipinski definition) is 2. The van der Waals surface area contributed by atoms with Crippen molar-refractivity contribution >= 4 is 33.2 Å². The zero-order valence-corrected chi connectivity index (χ0v) is 12.2. The minimum Gasteiger partial charge on any atom is -0.353 e. The van der Waals surface area contributed by atoms with Crippen molar-refractivity contribution in [2.45, 2.75) is 44.8 Å². The number of hydrogen-bond acceptors (Lipinski definition) is 3. The highest BCUT2D eigenvalue weighted by Crippen LogP contribution is 2.22. The van der Waals surface area contributed by atoms with Crippen LogP contribution >= 0.6 is 27.3 Å². The van der Waals surface area contributed by atoms with Crippen molar-refractivity contribution in [2.75, 3.05) is 0 Å². The minimum atomic E-state index is 0.197. The van der Waals surface area contributed by atoms with Crippen molar-refractivity contribution in [1.82, 2.24) is 10.6 Å². The number of carbonyl (C=O) groups is 1. The Hall–Kier alpha value is -0.390. The van der Waals surface area contributed by atoms with Crippen LogP contribution < -0.4 is 10.6 Å². The topological polar surface area (TPSA) is 41.1 Å².